The third-order valence-corrected chi connectivity index (χ3v) is 0. The second-order valence-electron chi connectivity index (χ2n) is 2.24. The molecule has 0 spiro atoms. The van der Waals surface area contributed by atoms with Crippen molar-refractivity contribution < 1.29 is 157 Å². The van der Waals surface area contributed by atoms with Gasteiger partial charge >= 0.3 is 55.7 Å². The van der Waals surface area contributed by atoms with E-state index in [1.165, 1.54) is 0 Å². The van der Waals surface area contributed by atoms with Gasteiger partial charge in [-0.25, -0.2) is 0 Å². The first kappa shape index (κ1) is 57.8. The Balaban J connectivity index is -0.0000000238. The van der Waals surface area contributed by atoms with Crippen LogP contribution in [0.3, 0.4) is 0 Å². The van der Waals surface area contributed by atoms with Crippen LogP contribution in [-0.4, -0.2) is 0 Å². The first-order valence-corrected chi connectivity index (χ1v) is 11.0. The topological polar surface area (TPSA) is 460 Å². The van der Waals surface area contributed by atoms with E-state index in [1.807, 2.05) is 0 Å². The van der Waals surface area contributed by atoms with Crippen molar-refractivity contribution in [1.29, 1.82) is 0 Å². The fourth-order valence-corrected chi connectivity index (χ4v) is 0. The molecule has 0 aromatic heterocycles. The van der Waals surface area contributed by atoms with Crippen molar-refractivity contribution in [2.75, 3.05) is 0 Å². The van der Waals surface area contributed by atoms with Crippen LogP contribution in [0.2, 0.25) is 0 Å². The number of phosphoric acid groups is 5. The predicted molar refractivity (Wildman–Crippen MR) is 38.7 cm³/mol. The van der Waals surface area contributed by atoms with E-state index in [4.69, 9.17) is 96.2 Å². The summed E-state index contributed by atoms with van der Waals surface area (Å²) < 4.78 is 42.7. The number of hydrogen-bond acceptors (Lipinski definition) is 20. The van der Waals surface area contributed by atoms with Gasteiger partial charge in [-0.1, -0.05) is 0 Å². The fraction of sp³-hybridized carbons (Fsp3) is 0. The van der Waals surface area contributed by atoms with Gasteiger partial charge in [0.2, 0.25) is 0 Å². The summed E-state index contributed by atoms with van der Waals surface area (Å²) in [6.45, 7) is 0. The summed E-state index contributed by atoms with van der Waals surface area (Å²) in [6, 6.07) is 0. The van der Waals surface area contributed by atoms with Gasteiger partial charge in [0, 0.05) is 5.48 Å². The third kappa shape index (κ3) is 4720. The van der Waals surface area contributed by atoms with Gasteiger partial charge in [-0.3, -0.25) is 0 Å². The van der Waals surface area contributed by atoms with Crippen LogP contribution >= 0.6 is 39.1 Å². The molecular weight excluding hydrogens is 644 g/mol. The van der Waals surface area contributed by atoms with Crippen LogP contribution in [0.25, 0.3) is 0 Å². The van der Waals surface area contributed by atoms with Crippen molar-refractivity contribution in [1.82, 2.24) is 0 Å². The molecule has 0 N–H and O–H groups in total. The molecule has 0 unspecified atom stereocenters. The molecule has 0 atom stereocenters. The normalized spacial score (nSPS) is 10.2. The van der Waals surface area contributed by atoms with Crippen molar-refractivity contribution in [2.45, 2.75) is 0 Å². The average molecular weight is 644 g/mol. The molecule has 0 saturated carbocycles. The van der Waals surface area contributed by atoms with E-state index in [0.29, 0.717) is 0 Å². The molecule has 0 aromatic rings. The zero-order valence-corrected chi connectivity index (χ0v) is 20.8. The Labute approximate surface area is 196 Å². The van der Waals surface area contributed by atoms with Crippen LogP contribution in [0.4, 0.5) is 0 Å². The quantitative estimate of drug-likeness (QED) is 0.221. The molecule has 2 radical (unpaired) electrons. The smallest absolute Gasteiger partial charge is 0.822 e. The van der Waals surface area contributed by atoms with E-state index in [1.54, 1.807) is 0 Å². The van der Waals surface area contributed by atoms with Crippen molar-refractivity contribution in [3.8, 4) is 0 Å². The summed E-state index contributed by atoms with van der Waals surface area (Å²) >= 11 is 0. The standard InChI is InChI=1S/5H3O4P.O.3V/c5*1-5(2,3)4;;;;/h5*(H3,1,2,3,4);;;;/q;;;;;;3*+5/p-15. The van der Waals surface area contributed by atoms with Crippen LogP contribution in [-0.2, 0) is 84.0 Å². The maximum absolute atomic E-state index is 8.55. The van der Waals surface area contributed by atoms with Crippen LogP contribution < -0.4 is 73.4 Å². The number of hydrogen-bond donors (Lipinski definition) is 0. The maximum atomic E-state index is 8.55. The molecule has 0 aliphatic heterocycles. The molecule has 29 heteroatoms. The van der Waals surface area contributed by atoms with Crippen molar-refractivity contribution >= 4 is 39.1 Å². The Bertz CT molecular complexity index is 379. The van der Waals surface area contributed by atoms with Gasteiger partial charge in [-0.15, -0.1) is 0 Å². The summed E-state index contributed by atoms with van der Waals surface area (Å²) in [6.07, 6.45) is 0. The molecular formula is O21P5V3. The summed E-state index contributed by atoms with van der Waals surface area (Å²) in [5, 5.41) is 0. The molecule has 0 aliphatic rings. The van der Waals surface area contributed by atoms with E-state index in [2.05, 4.69) is 0 Å². The van der Waals surface area contributed by atoms with E-state index in [9.17, 15) is 0 Å². The van der Waals surface area contributed by atoms with Crippen LogP contribution in [0, 0.1) is 0 Å². The van der Waals surface area contributed by atoms with E-state index in [-0.39, 0.29) is 61.1 Å². The Morgan fingerprint density at radius 2 is 0.276 bits per heavy atom. The van der Waals surface area contributed by atoms with E-state index in [0.717, 1.165) is 0 Å². The third-order valence-electron chi connectivity index (χ3n) is 0. The van der Waals surface area contributed by atoms with Gasteiger partial charge < -0.3 is 96.2 Å². The summed E-state index contributed by atoms with van der Waals surface area (Å²) in [4.78, 5) is 128. The van der Waals surface area contributed by atoms with Gasteiger partial charge in [0.05, 0.1) is 0 Å². The zero-order valence-electron chi connectivity index (χ0n) is 12.2. The minimum absolute atomic E-state index is 0. The van der Waals surface area contributed by atoms with E-state index >= 15 is 0 Å². The summed E-state index contributed by atoms with van der Waals surface area (Å²) in [7, 11) is -26.9. The Hall–Kier alpha value is 2.26. The largest absolute Gasteiger partial charge is 5.00 e. The Kier molecular flexibility index (Phi) is 49.6. The van der Waals surface area contributed by atoms with Crippen molar-refractivity contribution in [2.24, 2.45) is 0 Å². The second kappa shape index (κ2) is 24.9. The molecule has 0 bridgehead atoms. The van der Waals surface area contributed by atoms with Crippen LogP contribution in [0.15, 0.2) is 0 Å². The predicted octanol–water partition coefficient (Wildman–Crippen LogP) is -14.2. The van der Waals surface area contributed by atoms with Gasteiger partial charge in [0.25, 0.3) is 0 Å². The van der Waals surface area contributed by atoms with Gasteiger partial charge in [-0.2, -0.15) is 39.1 Å². The maximum Gasteiger partial charge on any atom is 5.00 e. The van der Waals surface area contributed by atoms with Crippen LogP contribution in [0.5, 0.6) is 0 Å². The van der Waals surface area contributed by atoms with Gasteiger partial charge in [-0.05, 0) is 0 Å². The molecule has 0 aromatic carbocycles. The average Bonchev–Trinajstić information content (AvgIpc) is 1.79. The Morgan fingerprint density at radius 3 is 0.276 bits per heavy atom. The molecule has 166 valence electrons. The van der Waals surface area contributed by atoms with Gasteiger partial charge in [0.1, 0.15) is 0 Å². The number of rotatable bonds is 0. The Morgan fingerprint density at radius 1 is 0.276 bits per heavy atom. The fourth-order valence-electron chi connectivity index (χ4n) is 0. The molecule has 21 nitrogen and oxygen atoms in total. The SMILES string of the molecule is O=P([O-])([O-])[O-].O=P([O-])([O-])[O-].O=P([O-])([O-])[O-].O=P([O-])([O-])[O-].O=P([O-])([O-])[O-].[O].[V+5].[V+5].[V+5]. The molecule has 0 amide bonds. The van der Waals surface area contributed by atoms with Gasteiger partial charge in [0.15, 0.2) is 0 Å². The molecule has 0 rings (SSSR count). The minimum atomic E-state index is -5.39. The van der Waals surface area contributed by atoms with Crippen molar-refractivity contribution in [3.63, 3.8) is 0 Å². The van der Waals surface area contributed by atoms with Crippen molar-refractivity contribution in [3.05, 3.63) is 0 Å². The molecule has 0 fully saturated rings. The first-order valence-electron chi connectivity index (χ1n) is 3.65. The molecule has 0 aliphatic carbocycles. The minimum Gasteiger partial charge on any atom is -0.822 e. The molecule has 0 saturated heterocycles. The van der Waals surface area contributed by atoms with Crippen LogP contribution in [0.1, 0.15) is 0 Å². The van der Waals surface area contributed by atoms with E-state index < -0.39 is 39.1 Å². The first-order chi connectivity index (χ1) is 10.0. The molecule has 0 heterocycles. The second-order valence-corrected chi connectivity index (χ2v) is 6.71. The molecule has 29 heavy (non-hydrogen) atoms. The summed E-state index contributed by atoms with van der Waals surface area (Å²) in [5.74, 6) is 0. The summed E-state index contributed by atoms with van der Waals surface area (Å²) in [5.41, 5.74) is 0. The zero-order chi connectivity index (χ0) is 22.5. The monoisotopic (exact) mass is 644 g/mol.